The normalized spacial score (nSPS) is 39.9. The molecule has 1 saturated carbocycles. The van der Waals surface area contributed by atoms with Gasteiger partial charge in [0.15, 0.2) is 0 Å². The first-order valence-electron chi connectivity index (χ1n) is 4.89. The summed E-state index contributed by atoms with van der Waals surface area (Å²) in [6.07, 6.45) is -0.240. The minimum atomic E-state index is -2.25. The fourth-order valence-electron chi connectivity index (χ4n) is 2.49. The van der Waals surface area contributed by atoms with Crippen molar-refractivity contribution in [2.24, 2.45) is 11.7 Å². The van der Waals surface area contributed by atoms with Crippen LogP contribution in [-0.2, 0) is 4.79 Å². The molecule has 2 aliphatic rings. The van der Waals surface area contributed by atoms with Gasteiger partial charge in [-0.3, -0.25) is 10.1 Å². The van der Waals surface area contributed by atoms with E-state index < -0.39 is 6.43 Å². The van der Waals surface area contributed by atoms with Crippen molar-refractivity contribution in [3.63, 3.8) is 0 Å². The number of fused-ring (bicyclic) bond motifs is 1. The maximum atomic E-state index is 12.0. The molecule has 1 saturated heterocycles. The van der Waals surface area contributed by atoms with Gasteiger partial charge >= 0.3 is 0 Å². The summed E-state index contributed by atoms with van der Waals surface area (Å²) in [4.78, 5) is 10.9. The van der Waals surface area contributed by atoms with Gasteiger partial charge in [0.1, 0.15) is 0 Å². The Morgan fingerprint density at radius 2 is 2.36 bits per heavy atom. The van der Waals surface area contributed by atoms with Crippen molar-refractivity contribution in [2.75, 3.05) is 0 Å². The molecule has 1 aliphatic heterocycles. The topological polar surface area (TPSA) is 55.1 Å². The van der Waals surface area contributed by atoms with Gasteiger partial charge in [-0.05, 0) is 25.2 Å². The Balaban J connectivity index is 1.86. The molecule has 0 bridgehead atoms. The molecule has 2 rings (SSSR count). The molecule has 3 nitrogen and oxygen atoms in total. The van der Waals surface area contributed by atoms with Crippen LogP contribution in [0.5, 0.6) is 0 Å². The lowest BCUT2D eigenvalue weighted by Crippen LogP contribution is -2.43. The van der Waals surface area contributed by atoms with E-state index in [9.17, 15) is 13.6 Å². The predicted molar refractivity (Wildman–Crippen MR) is 46.8 cm³/mol. The molecule has 0 aromatic rings. The zero-order valence-corrected chi connectivity index (χ0v) is 7.80. The summed E-state index contributed by atoms with van der Waals surface area (Å²) < 4.78 is 24.0. The van der Waals surface area contributed by atoms with Gasteiger partial charge < -0.3 is 5.73 Å². The van der Waals surface area contributed by atoms with Crippen molar-refractivity contribution in [1.29, 1.82) is 0 Å². The first kappa shape index (κ1) is 9.83. The lowest BCUT2D eigenvalue weighted by molar-refractivity contribution is -0.120. The van der Waals surface area contributed by atoms with E-state index in [1.807, 2.05) is 0 Å². The number of amides is 1. The van der Waals surface area contributed by atoms with Crippen LogP contribution in [0.4, 0.5) is 8.78 Å². The Hall–Kier alpha value is -0.710. The van der Waals surface area contributed by atoms with Crippen LogP contribution in [0.3, 0.4) is 0 Å². The third-order valence-electron chi connectivity index (χ3n) is 3.37. The van der Waals surface area contributed by atoms with E-state index in [1.165, 1.54) is 0 Å². The second kappa shape index (κ2) is 3.15. The lowest BCUT2D eigenvalue weighted by Gasteiger charge is -2.16. The van der Waals surface area contributed by atoms with E-state index in [0.717, 1.165) is 12.8 Å². The van der Waals surface area contributed by atoms with Crippen molar-refractivity contribution in [1.82, 2.24) is 5.32 Å². The van der Waals surface area contributed by atoms with Gasteiger partial charge in [0, 0.05) is 12.0 Å². The average molecular weight is 204 g/mol. The fourth-order valence-corrected chi connectivity index (χ4v) is 2.49. The van der Waals surface area contributed by atoms with Crippen LogP contribution in [0.1, 0.15) is 25.7 Å². The molecular weight excluding hydrogens is 190 g/mol. The van der Waals surface area contributed by atoms with Gasteiger partial charge in [-0.2, -0.15) is 0 Å². The van der Waals surface area contributed by atoms with Crippen molar-refractivity contribution < 1.29 is 13.6 Å². The largest absolute Gasteiger partial charge is 0.368 e. The van der Waals surface area contributed by atoms with Gasteiger partial charge in [0.25, 0.3) is 0 Å². The summed E-state index contributed by atoms with van der Waals surface area (Å²) in [5.41, 5.74) is 4.96. The first-order chi connectivity index (χ1) is 6.53. The summed E-state index contributed by atoms with van der Waals surface area (Å²) in [5.74, 6) is 0.0207. The van der Waals surface area contributed by atoms with Gasteiger partial charge in [0.2, 0.25) is 12.3 Å². The molecule has 0 spiro atoms. The zero-order chi connectivity index (χ0) is 10.3. The first-order valence-corrected chi connectivity index (χ1v) is 4.89. The van der Waals surface area contributed by atoms with E-state index in [2.05, 4.69) is 5.32 Å². The molecule has 0 aromatic heterocycles. The molecule has 3 unspecified atom stereocenters. The van der Waals surface area contributed by atoms with Crippen LogP contribution < -0.4 is 11.1 Å². The minimum Gasteiger partial charge on any atom is -0.368 e. The standard InChI is InChI=1S/C9H14F2N2O/c10-7(11)1-2-9-4-5(9)3-6(13-9)8(12)14/h5-7,13H,1-4H2,(H2,12,14). The van der Waals surface area contributed by atoms with Crippen molar-refractivity contribution >= 4 is 5.91 Å². The third-order valence-corrected chi connectivity index (χ3v) is 3.37. The van der Waals surface area contributed by atoms with Crippen LogP contribution in [0.25, 0.3) is 0 Å². The van der Waals surface area contributed by atoms with Crippen LogP contribution in [-0.4, -0.2) is 23.9 Å². The predicted octanol–water partition coefficient (Wildman–Crippen LogP) is 0.638. The average Bonchev–Trinajstić information content (AvgIpc) is 2.66. The molecule has 80 valence electrons. The Morgan fingerprint density at radius 3 is 2.86 bits per heavy atom. The van der Waals surface area contributed by atoms with Crippen LogP contribution in [0.15, 0.2) is 0 Å². The highest BCUT2D eigenvalue weighted by Crippen LogP contribution is 2.54. The summed E-state index contributed by atoms with van der Waals surface area (Å²) in [5, 5.41) is 3.09. The molecule has 0 radical (unpaired) electrons. The number of nitrogens with one attached hydrogen (secondary N) is 1. The number of hydrogen-bond donors (Lipinski definition) is 2. The van der Waals surface area contributed by atoms with E-state index in [4.69, 9.17) is 5.73 Å². The molecule has 0 aromatic carbocycles. The number of rotatable bonds is 4. The molecule has 1 aliphatic carbocycles. The van der Waals surface area contributed by atoms with Gasteiger partial charge in [0.05, 0.1) is 6.04 Å². The highest BCUT2D eigenvalue weighted by atomic mass is 19.3. The van der Waals surface area contributed by atoms with Crippen LogP contribution >= 0.6 is 0 Å². The smallest absolute Gasteiger partial charge is 0.238 e. The summed E-state index contributed by atoms with van der Waals surface area (Å²) in [7, 11) is 0. The zero-order valence-electron chi connectivity index (χ0n) is 7.80. The molecule has 2 fully saturated rings. The molecule has 1 amide bonds. The highest BCUT2D eigenvalue weighted by Gasteiger charge is 2.60. The Labute approximate surface area is 81.0 Å². The lowest BCUT2D eigenvalue weighted by atomic mass is 10.1. The summed E-state index contributed by atoms with van der Waals surface area (Å²) in [6, 6.07) is -0.300. The van der Waals surface area contributed by atoms with E-state index >= 15 is 0 Å². The van der Waals surface area contributed by atoms with Crippen molar-refractivity contribution in [3.05, 3.63) is 0 Å². The Kier molecular flexibility index (Phi) is 2.21. The van der Waals surface area contributed by atoms with E-state index in [0.29, 0.717) is 12.3 Å². The third kappa shape index (κ3) is 1.61. The molecular formula is C9H14F2N2O. The Morgan fingerprint density at radius 1 is 1.64 bits per heavy atom. The maximum absolute atomic E-state index is 12.0. The number of hydrogen-bond acceptors (Lipinski definition) is 2. The van der Waals surface area contributed by atoms with Crippen LogP contribution in [0, 0.1) is 5.92 Å². The second-order valence-corrected chi connectivity index (χ2v) is 4.32. The molecule has 14 heavy (non-hydrogen) atoms. The number of alkyl halides is 2. The van der Waals surface area contributed by atoms with Crippen LogP contribution in [0.2, 0.25) is 0 Å². The maximum Gasteiger partial charge on any atom is 0.238 e. The molecule has 3 atom stereocenters. The molecule has 5 heteroatoms. The summed E-state index contributed by atoms with van der Waals surface area (Å²) >= 11 is 0. The number of primary amides is 1. The minimum absolute atomic E-state index is 0.0883. The number of carbonyl (C=O) groups excluding carboxylic acids is 1. The SMILES string of the molecule is NC(=O)C1CC2CC2(CCC(F)F)N1. The van der Waals surface area contributed by atoms with Gasteiger partial charge in [-0.1, -0.05) is 0 Å². The fraction of sp³-hybridized carbons (Fsp3) is 0.889. The number of piperidine rings is 1. The number of carbonyl (C=O) groups is 1. The molecule has 3 N–H and O–H groups in total. The Bertz CT molecular complexity index is 259. The van der Waals surface area contributed by atoms with E-state index in [-0.39, 0.29) is 23.9 Å². The number of nitrogens with two attached hydrogens (primary N) is 1. The quantitative estimate of drug-likeness (QED) is 0.706. The number of halogens is 2. The van der Waals surface area contributed by atoms with Gasteiger partial charge in [-0.25, -0.2) is 8.78 Å². The molecule has 1 heterocycles. The summed E-state index contributed by atoms with van der Waals surface area (Å²) in [6.45, 7) is 0. The van der Waals surface area contributed by atoms with Gasteiger partial charge in [-0.15, -0.1) is 0 Å². The van der Waals surface area contributed by atoms with Crippen molar-refractivity contribution in [2.45, 2.75) is 43.7 Å². The highest BCUT2D eigenvalue weighted by molar-refractivity contribution is 5.80. The monoisotopic (exact) mass is 204 g/mol. The van der Waals surface area contributed by atoms with E-state index in [1.54, 1.807) is 0 Å². The van der Waals surface area contributed by atoms with Crippen molar-refractivity contribution in [3.8, 4) is 0 Å². The second-order valence-electron chi connectivity index (χ2n) is 4.32.